The molecule has 0 aliphatic carbocycles. The molecule has 1 unspecified atom stereocenters. The lowest BCUT2D eigenvalue weighted by Gasteiger charge is -2.32. The number of rotatable bonds is 11. The van der Waals surface area contributed by atoms with E-state index in [1.54, 1.807) is 31.2 Å². The SMILES string of the molecule is CCCNC(=O)C(C)N(Cc1ccccc1Cl)C(=O)CN(c1ccc(F)cc1)S(=O)(=O)c1ccc2c(c1)OCCO2. The maximum Gasteiger partial charge on any atom is 0.264 e. The molecule has 3 aromatic carbocycles. The normalized spacial score (nSPS) is 13.3. The molecule has 1 heterocycles. The molecule has 4 rings (SSSR count). The van der Waals surface area contributed by atoms with E-state index in [4.69, 9.17) is 21.1 Å². The lowest BCUT2D eigenvalue weighted by molar-refractivity contribution is -0.139. The fraction of sp³-hybridized carbons (Fsp3) is 0.310. The lowest BCUT2D eigenvalue weighted by Crippen LogP contribution is -2.51. The molecule has 12 heteroatoms. The zero-order valence-corrected chi connectivity index (χ0v) is 24.3. The van der Waals surface area contributed by atoms with E-state index < -0.39 is 40.2 Å². The van der Waals surface area contributed by atoms with Gasteiger partial charge in [0, 0.05) is 24.2 Å². The number of ether oxygens (including phenoxy) is 2. The molecule has 0 bridgehead atoms. The second-order valence-electron chi connectivity index (χ2n) is 9.37. The molecule has 41 heavy (non-hydrogen) atoms. The number of halogens is 2. The number of fused-ring (bicyclic) bond motifs is 1. The summed E-state index contributed by atoms with van der Waals surface area (Å²) in [6.07, 6.45) is 0.697. The van der Waals surface area contributed by atoms with Gasteiger partial charge in [-0.05, 0) is 61.4 Å². The maximum absolute atomic E-state index is 14.0. The third-order valence-corrected chi connectivity index (χ3v) is 8.65. The molecule has 0 spiro atoms. The monoisotopic (exact) mass is 603 g/mol. The first kappa shape index (κ1) is 30.1. The highest BCUT2D eigenvalue weighted by Gasteiger charge is 2.33. The Kier molecular flexibility index (Phi) is 9.72. The van der Waals surface area contributed by atoms with Crippen molar-refractivity contribution in [3.05, 3.63) is 83.1 Å². The summed E-state index contributed by atoms with van der Waals surface area (Å²) in [4.78, 5) is 28.0. The molecule has 3 aromatic rings. The molecule has 1 atom stereocenters. The van der Waals surface area contributed by atoms with Crippen molar-refractivity contribution in [2.24, 2.45) is 0 Å². The Morgan fingerprint density at radius 2 is 1.71 bits per heavy atom. The number of carbonyl (C=O) groups excluding carboxylic acids is 2. The van der Waals surface area contributed by atoms with Gasteiger partial charge in [0.1, 0.15) is 31.6 Å². The standard InChI is InChI=1S/C29H31ClFN3O6S/c1-3-14-32-29(36)20(2)33(18-21-6-4-5-7-25(21)30)28(35)19-34(23-10-8-22(31)9-11-23)41(37,38)24-12-13-26-27(17-24)40-16-15-39-26/h4-13,17,20H,3,14-16,18-19H2,1-2H3,(H,32,36). The Morgan fingerprint density at radius 3 is 2.39 bits per heavy atom. The summed E-state index contributed by atoms with van der Waals surface area (Å²) < 4.78 is 53.7. The Bertz CT molecular complexity index is 1500. The molecule has 1 N–H and O–H groups in total. The average molecular weight is 604 g/mol. The molecule has 1 aliphatic heterocycles. The number of benzene rings is 3. The van der Waals surface area contributed by atoms with E-state index in [1.807, 2.05) is 6.92 Å². The van der Waals surface area contributed by atoms with Crippen LogP contribution < -0.4 is 19.1 Å². The number of amides is 2. The minimum Gasteiger partial charge on any atom is -0.486 e. The summed E-state index contributed by atoms with van der Waals surface area (Å²) in [7, 11) is -4.37. The Balaban J connectivity index is 1.72. The van der Waals surface area contributed by atoms with Crippen molar-refractivity contribution in [3.63, 3.8) is 0 Å². The first-order valence-corrected chi connectivity index (χ1v) is 14.9. The number of nitrogens with one attached hydrogen (secondary N) is 1. The summed E-state index contributed by atoms with van der Waals surface area (Å²) in [6.45, 7) is 3.76. The van der Waals surface area contributed by atoms with Crippen molar-refractivity contribution in [2.75, 3.05) is 30.6 Å². The number of carbonyl (C=O) groups is 2. The largest absolute Gasteiger partial charge is 0.486 e. The van der Waals surface area contributed by atoms with Gasteiger partial charge in [-0.2, -0.15) is 0 Å². The van der Waals surface area contributed by atoms with Crippen molar-refractivity contribution >= 4 is 39.1 Å². The van der Waals surface area contributed by atoms with Gasteiger partial charge in [0.2, 0.25) is 11.8 Å². The van der Waals surface area contributed by atoms with E-state index in [0.717, 1.165) is 16.4 Å². The van der Waals surface area contributed by atoms with E-state index >= 15 is 0 Å². The van der Waals surface area contributed by atoms with Gasteiger partial charge >= 0.3 is 0 Å². The van der Waals surface area contributed by atoms with E-state index in [1.165, 1.54) is 35.2 Å². The summed E-state index contributed by atoms with van der Waals surface area (Å²) in [5.74, 6) is -0.968. The fourth-order valence-corrected chi connectivity index (χ4v) is 5.86. The maximum atomic E-state index is 14.0. The first-order valence-electron chi connectivity index (χ1n) is 13.1. The summed E-state index contributed by atoms with van der Waals surface area (Å²) >= 11 is 6.37. The highest BCUT2D eigenvalue weighted by atomic mass is 35.5. The molecular formula is C29H31ClFN3O6S. The molecule has 1 aliphatic rings. The van der Waals surface area contributed by atoms with Crippen LogP contribution in [0.25, 0.3) is 0 Å². The predicted octanol–water partition coefficient (Wildman–Crippen LogP) is 4.39. The molecular weight excluding hydrogens is 573 g/mol. The van der Waals surface area contributed by atoms with E-state index in [0.29, 0.717) is 35.9 Å². The van der Waals surface area contributed by atoms with Crippen molar-refractivity contribution < 1.29 is 31.9 Å². The zero-order chi connectivity index (χ0) is 29.6. The minimum absolute atomic E-state index is 0.0411. The van der Waals surface area contributed by atoms with Gasteiger partial charge in [-0.1, -0.05) is 36.7 Å². The smallest absolute Gasteiger partial charge is 0.264 e. The van der Waals surface area contributed by atoms with Crippen LogP contribution in [0.3, 0.4) is 0 Å². The Hall–Kier alpha value is -3.83. The molecule has 2 amide bonds. The van der Waals surface area contributed by atoms with Crippen molar-refractivity contribution in [1.29, 1.82) is 0 Å². The van der Waals surface area contributed by atoms with Gasteiger partial charge in [-0.15, -0.1) is 0 Å². The van der Waals surface area contributed by atoms with Gasteiger partial charge in [-0.25, -0.2) is 12.8 Å². The van der Waals surface area contributed by atoms with Gasteiger partial charge in [0.15, 0.2) is 11.5 Å². The molecule has 0 fully saturated rings. The van der Waals surface area contributed by atoms with Gasteiger partial charge in [-0.3, -0.25) is 13.9 Å². The van der Waals surface area contributed by atoms with E-state index in [9.17, 15) is 22.4 Å². The predicted molar refractivity (Wildman–Crippen MR) is 153 cm³/mol. The minimum atomic E-state index is -4.37. The fourth-order valence-electron chi connectivity index (χ4n) is 4.24. The van der Waals surface area contributed by atoms with Crippen LogP contribution in [0, 0.1) is 5.82 Å². The van der Waals surface area contributed by atoms with Crippen LogP contribution in [0.1, 0.15) is 25.8 Å². The summed E-state index contributed by atoms with van der Waals surface area (Å²) in [5, 5.41) is 3.17. The number of anilines is 1. The summed E-state index contributed by atoms with van der Waals surface area (Å²) in [5.41, 5.74) is 0.649. The second-order valence-corrected chi connectivity index (χ2v) is 11.6. The molecule has 0 radical (unpaired) electrons. The van der Waals surface area contributed by atoms with E-state index in [-0.39, 0.29) is 29.5 Å². The van der Waals surface area contributed by atoms with Crippen molar-refractivity contribution in [1.82, 2.24) is 10.2 Å². The molecule has 0 saturated heterocycles. The van der Waals surface area contributed by atoms with Crippen LogP contribution in [0.2, 0.25) is 5.02 Å². The zero-order valence-electron chi connectivity index (χ0n) is 22.7. The number of nitrogens with zero attached hydrogens (tertiary/aromatic N) is 2. The Labute approximate surface area is 243 Å². The third kappa shape index (κ3) is 7.09. The van der Waals surface area contributed by atoms with Crippen LogP contribution >= 0.6 is 11.6 Å². The number of hydrogen-bond donors (Lipinski definition) is 1. The van der Waals surface area contributed by atoms with Crippen LogP contribution in [-0.2, 0) is 26.2 Å². The van der Waals surface area contributed by atoms with E-state index in [2.05, 4.69) is 5.32 Å². The summed E-state index contributed by atoms with van der Waals surface area (Å²) in [6, 6.07) is 14.9. The van der Waals surface area contributed by atoms with Crippen LogP contribution in [0.5, 0.6) is 11.5 Å². The van der Waals surface area contributed by atoms with Gasteiger partial charge < -0.3 is 19.7 Å². The van der Waals surface area contributed by atoms with Gasteiger partial charge in [0.05, 0.1) is 10.6 Å². The third-order valence-electron chi connectivity index (χ3n) is 6.51. The molecule has 9 nitrogen and oxygen atoms in total. The first-order chi connectivity index (χ1) is 19.6. The van der Waals surface area contributed by atoms with Crippen LogP contribution in [0.4, 0.5) is 10.1 Å². The average Bonchev–Trinajstić information content (AvgIpc) is 2.98. The quantitative estimate of drug-likeness (QED) is 0.349. The topological polar surface area (TPSA) is 105 Å². The molecule has 0 saturated carbocycles. The highest BCUT2D eigenvalue weighted by Crippen LogP contribution is 2.34. The second kappa shape index (κ2) is 13.2. The van der Waals surface area contributed by atoms with Crippen molar-refractivity contribution in [3.8, 4) is 11.5 Å². The van der Waals surface area contributed by atoms with Crippen molar-refractivity contribution in [2.45, 2.75) is 37.8 Å². The number of sulfonamides is 1. The molecule has 218 valence electrons. The van der Waals surface area contributed by atoms with Crippen LogP contribution in [-0.4, -0.2) is 57.5 Å². The lowest BCUT2D eigenvalue weighted by atomic mass is 10.1. The van der Waals surface area contributed by atoms with Gasteiger partial charge in [0.25, 0.3) is 10.0 Å². The highest BCUT2D eigenvalue weighted by molar-refractivity contribution is 7.92. The van der Waals surface area contributed by atoms with Crippen LogP contribution in [0.15, 0.2) is 71.6 Å². The number of hydrogen-bond acceptors (Lipinski definition) is 6. The molecule has 0 aromatic heterocycles. The Morgan fingerprint density at radius 1 is 1.02 bits per heavy atom.